The number of carboxylic acid groups (broad SMARTS) is 1. The van der Waals surface area contributed by atoms with Crippen LogP contribution in [0.4, 0.5) is 0 Å². The van der Waals surface area contributed by atoms with E-state index in [1.165, 1.54) is 5.56 Å². The van der Waals surface area contributed by atoms with Crippen molar-refractivity contribution in [2.45, 2.75) is 32.1 Å². The number of hydrogen-bond donors (Lipinski definition) is 1. The van der Waals surface area contributed by atoms with E-state index in [1.807, 2.05) is 18.2 Å². The summed E-state index contributed by atoms with van der Waals surface area (Å²) in [6.07, 6.45) is 1.99. The summed E-state index contributed by atoms with van der Waals surface area (Å²) in [7, 11) is 0. The van der Waals surface area contributed by atoms with E-state index in [9.17, 15) is 4.79 Å². The van der Waals surface area contributed by atoms with Crippen molar-refractivity contribution in [3.05, 3.63) is 35.9 Å². The average Bonchev–Trinajstić information content (AvgIpc) is 2.20. The molecule has 0 bridgehead atoms. The Morgan fingerprint density at radius 1 is 1.36 bits per heavy atom. The Balaban J connectivity index is 2.58. The molecule has 0 spiro atoms. The molecule has 0 aromatic heterocycles. The number of hydrogen-bond acceptors (Lipinski definition) is 1. The predicted molar refractivity (Wildman–Crippen MR) is 56.3 cm³/mol. The summed E-state index contributed by atoms with van der Waals surface area (Å²) >= 11 is 0. The third-order valence-electron chi connectivity index (χ3n) is 2.47. The normalized spacial score (nSPS) is 12.4. The molecule has 1 rings (SSSR count). The van der Waals surface area contributed by atoms with Crippen LogP contribution in [0, 0.1) is 0 Å². The zero-order valence-electron chi connectivity index (χ0n) is 8.44. The fourth-order valence-corrected chi connectivity index (χ4v) is 1.63. The smallest absolute Gasteiger partial charge is 0.303 e. The van der Waals surface area contributed by atoms with Gasteiger partial charge in [0.05, 0.1) is 0 Å². The van der Waals surface area contributed by atoms with Crippen LogP contribution in [0.2, 0.25) is 0 Å². The zero-order valence-corrected chi connectivity index (χ0v) is 8.44. The van der Waals surface area contributed by atoms with Crippen molar-refractivity contribution in [2.75, 3.05) is 0 Å². The van der Waals surface area contributed by atoms with Crippen LogP contribution in [0.15, 0.2) is 30.3 Å². The highest BCUT2D eigenvalue weighted by Crippen LogP contribution is 2.24. The van der Waals surface area contributed by atoms with Crippen molar-refractivity contribution < 1.29 is 9.90 Å². The number of aliphatic carboxylic acids is 1. The predicted octanol–water partition coefficient (Wildman–Crippen LogP) is 3.05. The summed E-state index contributed by atoms with van der Waals surface area (Å²) in [6.45, 7) is 2.10. The Morgan fingerprint density at radius 3 is 2.50 bits per heavy atom. The van der Waals surface area contributed by atoms with Gasteiger partial charge in [0.25, 0.3) is 0 Å². The van der Waals surface area contributed by atoms with E-state index in [4.69, 9.17) is 5.11 Å². The highest BCUT2D eigenvalue weighted by atomic mass is 16.4. The Kier molecular flexibility index (Phi) is 4.17. The maximum Gasteiger partial charge on any atom is 0.303 e. The van der Waals surface area contributed by atoms with E-state index >= 15 is 0 Å². The second-order valence-electron chi connectivity index (χ2n) is 3.45. The minimum atomic E-state index is -0.709. The van der Waals surface area contributed by atoms with Crippen LogP contribution in [-0.4, -0.2) is 11.1 Å². The van der Waals surface area contributed by atoms with Crippen molar-refractivity contribution in [1.29, 1.82) is 0 Å². The molecule has 0 unspecified atom stereocenters. The molecule has 14 heavy (non-hydrogen) atoms. The lowest BCUT2D eigenvalue weighted by molar-refractivity contribution is -0.137. The van der Waals surface area contributed by atoms with E-state index < -0.39 is 5.97 Å². The van der Waals surface area contributed by atoms with Crippen molar-refractivity contribution in [3.8, 4) is 0 Å². The molecule has 0 fully saturated rings. The third-order valence-corrected chi connectivity index (χ3v) is 2.47. The van der Waals surface area contributed by atoms with Gasteiger partial charge in [-0.3, -0.25) is 4.79 Å². The van der Waals surface area contributed by atoms with Gasteiger partial charge in [0, 0.05) is 6.42 Å². The second-order valence-corrected chi connectivity index (χ2v) is 3.45. The molecule has 0 saturated carbocycles. The van der Waals surface area contributed by atoms with Crippen LogP contribution in [0.25, 0.3) is 0 Å². The van der Waals surface area contributed by atoms with E-state index in [0.29, 0.717) is 5.92 Å². The fraction of sp³-hybridized carbons (Fsp3) is 0.417. The largest absolute Gasteiger partial charge is 0.481 e. The van der Waals surface area contributed by atoms with Gasteiger partial charge >= 0.3 is 5.97 Å². The molecule has 0 amide bonds. The molecule has 1 atom stereocenters. The quantitative estimate of drug-likeness (QED) is 0.778. The van der Waals surface area contributed by atoms with Crippen LogP contribution in [0.1, 0.15) is 37.7 Å². The van der Waals surface area contributed by atoms with Crippen LogP contribution < -0.4 is 0 Å². The van der Waals surface area contributed by atoms with Crippen molar-refractivity contribution in [1.82, 2.24) is 0 Å². The van der Waals surface area contributed by atoms with Gasteiger partial charge in [-0.15, -0.1) is 0 Å². The fourth-order valence-electron chi connectivity index (χ4n) is 1.63. The van der Waals surface area contributed by atoms with Gasteiger partial charge in [-0.1, -0.05) is 37.3 Å². The molecule has 0 saturated heterocycles. The van der Waals surface area contributed by atoms with E-state index in [2.05, 4.69) is 19.1 Å². The molecule has 0 radical (unpaired) electrons. The van der Waals surface area contributed by atoms with Gasteiger partial charge < -0.3 is 5.11 Å². The summed E-state index contributed by atoms with van der Waals surface area (Å²) in [6, 6.07) is 10.1. The first-order chi connectivity index (χ1) is 6.74. The standard InChI is InChI=1S/C12H16O2/c1-2-10(8-9-12(13)14)11-6-4-3-5-7-11/h3-7,10H,2,8-9H2,1H3,(H,13,14)/t10-/m1/s1. The van der Waals surface area contributed by atoms with Crippen LogP contribution in [0.5, 0.6) is 0 Å². The minimum Gasteiger partial charge on any atom is -0.481 e. The molecule has 2 heteroatoms. The molecular formula is C12H16O2. The monoisotopic (exact) mass is 192 g/mol. The second kappa shape index (κ2) is 5.43. The van der Waals surface area contributed by atoms with Gasteiger partial charge in [0.2, 0.25) is 0 Å². The van der Waals surface area contributed by atoms with Crippen molar-refractivity contribution in [2.24, 2.45) is 0 Å². The first-order valence-electron chi connectivity index (χ1n) is 5.00. The molecule has 1 aromatic rings. The van der Waals surface area contributed by atoms with E-state index in [1.54, 1.807) is 0 Å². The number of carboxylic acids is 1. The van der Waals surface area contributed by atoms with Gasteiger partial charge in [-0.2, -0.15) is 0 Å². The molecule has 0 aliphatic carbocycles. The molecular weight excluding hydrogens is 176 g/mol. The molecule has 0 heterocycles. The lowest BCUT2D eigenvalue weighted by atomic mass is 9.92. The van der Waals surface area contributed by atoms with Crippen molar-refractivity contribution >= 4 is 5.97 Å². The highest BCUT2D eigenvalue weighted by Gasteiger charge is 2.10. The van der Waals surface area contributed by atoms with Gasteiger partial charge in [-0.25, -0.2) is 0 Å². The molecule has 0 aliphatic rings. The Morgan fingerprint density at radius 2 is 2.00 bits per heavy atom. The SMILES string of the molecule is CC[C@H](CCC(=O)O)c1ccccc1. The van der Waals surface area contributed by atoms with Gasteiger partial charge in [0.1, 0.15) is 0 Å². The molecule has 0 aliphatic heterocycles. The Bertz CT molecular complexity index is 280. The van der Waals surface area contributed by atoms with Crippen LogP contribution >= 0.6 is 0 Å². The first kappa shape index (κ1) is 10.8. The maximum absolute atomic E-state index is 10.5. The summed E-state index contributed by atoms with van der Waals surface area (Å²) in [5.74, 6) is -0.327. The van der Waals surface area contributed by atoms with E-state index in [0.717, 1.165) is 12.8 Å². The van der Waals surface area contributed by atoms with Gasteiger partial charge in [-0.05, 0) is 24.3 Å². The highest BCUT2D eigenvalue weighted by molar-refractivity contribution is 5.66. The summed E-state index contributed by atoms with van der Waals surface area (Å²) < 4.78 is 0. The van der Waals surface area contributed by atoms with Crippen LogP contribution in [0.3, 0.4) is 0 Å². The molecule has 76 valence electrons. The molecule has 2 nitrogen and oxygen atoms in total. The lowest BCUT2D eigenvalue weighted by Gasteiger charge is -2.13. The van der Waals surface area contributed by atoms with Crippen LogP contribution in [-0.2, 0) is 4.79 Å². The first-order valence-corrected chi connectivity index (χ1v) is 5.00. The number of rotatable bonds is 5. The molecule has 1 N–H and O–H groups in total. The number of carbonyl (C=O) groups is 1. The van der Waals surface area contributed by atoms with Crippen molar-refractivity contribution in [3.63, 3.8) is 0 Å². The Hall–Kier alpha value is -1.31. The zero-order chi connectivity index (χ0) is 10.4. The Labute approximate surface area is 84.6 Å². The summed E-state index contributed by atoms with van der Waals surface area (Å²) in [4.78, 5) is 10.5. The summed E-state index contributed by atoms with van der Waals surface area (Å²) in [5, 5.41) is 8.60. The molecule has 1 aromatic carbocycles. The summed E-state index contributed by atoms with van der Waals surface area (Å²) in [5.41, 5.74) is 1.25. The lowest BCUT2D eigenvalue weighted by Crippen LogP contribution is -2.02. The maximum atomic E-state index is 10.5. The minimum absolute atomic E-state index is 0.257. The topological polar surface area (TPSA) is 37.3 Å². The third kappa shape index (κ3) is 3.21. The number of benzene rings is 1. The van der Waals surface area contributed by atoms with E-state index in [-0.39, 0.29) is 6.42 Å². The average molecular weight is 192 g/mol. The van der Waals surface area contributed by atoms with Gasteiger partial charge in [0.15, 0.2) is 0 Å².